The Morgan fingerprint density at radius 1 is 1.39 bits per heavy atom. The van der Waals surface area contributed by atoms with Crippen LogP contribution in [0, 0.1) is 11.3 Å². The minimum absolute atomic E-state index is 0.484. The first-order valence-corrected chi connectivity index (χ1v) is 7.28. The van der Waals surface area contributed by atoms with Gasteiger partial charge in [-0.3, -0.25) is 4.68 Å². The third-order valence-electron chi connectivity index (χ3n) is 4.05. The summed E-state index contributed by atoms with van der Waals surface area (Å²) in [6, 6.07) is 0. The monoisotopic (exact) mass is 249 g/mol. The molecule has 1 aromatic rings. The largest absolute Gasteiger partial charge is 0.316 e. The average Bonchev–Trinajstić information content (AvgIpc) is 2.89. The first-order chi connectivity index (χ1) is 8.60. The summed E-state index contributed by atoms with van der Waals surface area (Å²) in [6.07, 6.45) is 10.9. The van der Waals surface area contributed by atoms with Crippen LogP contribution in [-0.4, -0.2) is 22.9 Å². The Balaban J connectivity index is 1.93. The van der Waals surface area contributed by atoms with E-state index in [1.165, 1.54) is 44.2 Å². The lowest BCUT2D eigenvalue weighted by Crippen LogP contribution is -2.35. The van der Waals surface area contributed by atoms with Crippen molar-refractivity contribution in [3.8, 4) is 0 Å². The Hall–Kier alpha value is -0.830. The molecule has 1 aliphatic carbocycles. The summed E-state index contributed by atoms with van der Waals surface area (Å²) in [5, 5.41) is 7.96. The number of nitrogens with zero attached hydrogens (tertiary/aromatic N) is 2. The molecule has 1 saturated carbocycles. The fourth-order valence-corrected chi connectivity index (χ4v) is 3.16. The van der Waals surface area contributed by atoms with Gasteiger partial charge in [-0.25, -0.2) is 0 Å². The molecule has 1 N–H and O–H groups in total. The van der Waals surface area contributed by atoms with Gasteiger partial charge < -0.3 is 5.32 Å². The van der Waals surface area contributed by atoms with Crippen molar-refractivity contribution in [1.29, 1.82) is 0 Å². The topological polar surface area (TPSA) is 29.9 Å². The minimum Gasteiger partial charge on any atom is -0.316 e. The summed E-state index contributed by atoms with van der Waals surface area (Å²) in [5.41, 5.74) is 1.88. The molecular weight excluding hydrogens is 222 g/mol. The van der Waals surface area contributed by atoms with E-state index in [1.807, 2.05) is 17.9 Å². The lowest BCUT2D eigenvalue weighted by Gasteiger charge is -2.29. The highest BCUT2D eigenvalue weighted by atomic mass is 15.2. The van der Waals surface area contributed by atoms with Crippen LogP contribution in [0.15, 0.2) is 12.4 Å². The van der Waals surface area contributed by atoms with E-state index in [2.05, 4.69) is 30.5 Å². The highest BCUT2D eigenvalue weighted by Gasteiger charge is 2.33. The molecule has 1 fully saturated rings. The molecule has 2 rings (SSSR count). The predicted molar refractivity (Wildman–Crippen MR) is 75.5 cm³/mol. The van der Waals surface area contributed by atoms with E-state index in [9.17, 15) is 0 Å². The van der Waals surface area contributed by atoms with Crippen molar-refractivity contribution in [3.63, 3.8) is 0 Å². The van der Waals surface area contributed by atoms with Gasteiger partial charge in [-0.1, -0.05) is 26.7 Å². The van der Waals surface area contributed by atoms with Crippen molar-refractivity contribution in [2.24, 2.45) is 18.4 Å². The van der Waals surface area contributed by atoms with Crippen LogP contribution in [0.3, 0.4) is 0 Å². The molecule has 3 nitrogen and oxygen atoms in total. The molecule has 0 amide bonds. The first-order valence-electron chi connectivity index (χ1n) is 7.28. The Kier molecular flexibility index (Phi) is 4.44. The van der Waals surface area contributed by atoms with E-state index in [0.717, 1.165) is 12.5 Å². The van der Waals surface area contributed by atoms with Crippen LogP contribution in [0.2, 0.25) is 0 Å². The highest BCUT2D eigenvalue weighted by Crippen LogP contribution is 2.40. The second kappa shape index (κ2) is 5.87. The molecule has 1 aliphatic rings. The first kappa shape index (κ1) is 13.6. The normalized spacial score (nSPS) is 18.7. The van der Waals surface area contributed by atoms with Crippen molar-refractivity contribution in [1.82, 2.24) is 15.1 Å². The van der Waals surface area contributed by atoms with E-state index in [4.69, 9.17) is 0 Å². The maximum atomic E-state index is 4.29. The van der Waals surface area contributed by atoms with Crippen molar-refractivity contribution in [3.05, 3.63) is 18.0 Å². The molecule has 0 atom stereocenters. The molecule has 0 radical (unpaired) electrons. The lowest BCUT2D eigenvalue weighted by molar-refractivity contribution is 0.273. The number of aryl methyl sites for hydroxylation is 1. The average molecular weight is 249 g/mol. The molecule has 0 spiro atoms. The van der Waals surface area contributed by atoms with Gasteiger partial charge in [0.05, 0.1) is 6.20 Å². The molecule has 0 unspecified atom stereocenters. The van der Waals surface area contributed by atoms with Crippen LogP contribution in [0.5, 0.6) is 0 Å². The molecule has 1 heterocycles. The van der Waals surface area contributed by atoms with E-state index in [-0.39, 0.29) is 0 Å². The molecule has 0 aliphatic heterocycles. The van der Waals surface area contributed by atoms with Crippen molar-refractivity contribution >= 4 is 0 Å². The second-order valence-electron chi connectivity index (χ2n) is 6.43. The zero-order valence-corrected chi connectivity index (χ0v) is 12.1. The van der Waals surface area contributed by atoms with Crippen molar-refractivity contribution in [2.75, 3.05) is 13.1 Å². The van der Waals surface area contributed by atoms with Crippen LogP contribution in [0.25, 0.3) is 0 Å². The minimum atomic E-state index is 0.484. The van der Waals surface area contributed by atoms with Gasteiger partial charge >= 0.3 is 0 Å². The van der Waals surface area contributed by atoms with Gasteiger partial charge in [-0.05, 0) is 42.7 Å². The summed E-state index contributed by atoms with van der Waals surface area (Å²) in [6.45, 7) is 6.85. The molecule has 18 heavy (non-hydrogen) atoms. The summed E-state index contributed by atoms with van der Waals surface area (Å²) < 4.78 is 1.92. The van der Waals surface area contributed by atoms with E-state index >= 15 is 0 Å². The summed E-state index contributed by atoms with van der Waals surface area (Å²) >= 11 is 0. The van der Waals surface area contributed by atoms with Crippen LogP contribution in [-0.2, 0) is 13.5 Å². The smallest absolute Gasteiger partial charge is 0.0521 e. The van der Waals surface area contributed by atoms with Gasteiger partial charge in [0, 0.05) is 19.8 Å². The number of hydrogen-bond acceptors (Lipinski definition) is 2. The fraction of sp³-hybridized carbons (Fsp3) is 0.800. The van der Waals surface area contributed by atoms with Crippen LogP contribution < -0.4 is 5.32 Å². The molecule has 0 aromatic carbocycles. The van der Waals surface area contributed by atoms with E-state index in [0.29, 0.717) is 5.41 Å². The molecule has 0 bridgehead atoms. The number of rotatable bonds is 6. The van der Waals surface area contributed by atoms with Crippen molar-refractivity contribution in [2.45, 2.75) is 46.0 Å². The Labute approximate surface area is 111 Å². The molecule has 102 valence electrons. The summed E-state index contributed by atoms with van der Waals surface area (Å²) in [5.74, 6) is 0.738. The van der Waals surface area contributed by atoms with Crippen LogP contribution >= 0.6 is 0 Å². The molecule has 0 saturated heterocycles. The van der Waals surface area contributed by atoms with Crippen LogP contribution in [0.1, 0.15) is 45.1 Å². The Bertz CT molecular complexity index is 362. The van der Waals surface area contributed by atoms with Gasteiger partial charge in [0.25, 0.3) is 0 Å². The van der Waals surface area contributed by atoms with Gasteiger partial charge in [0.15, 0.2) is 0 Å². The zero-order chi connectivity index (χ0) is 13.0. The quantitative estimate of drug-likeness (QED) is 0.840. The molecule has 1 aromatic heterocycles. The number of hydrogen-bond donors (Lipinski definition) is 1. The summed E-state index contributed by atoms with van der Waals surface area (Å²) in [4.78, 5) is 0. The summed E-state index contributed by atoms with van der Waals surface area (Å²) in [7, 11) is 2.00. The predicted octanol–water partition coefficient (Wildman–Crippen LogP) is 2.77. The fourth-order valence-electron chi connectivity index (χ4n) is 3.16. The van der Waals surface area contributed by atoms with Gasteiger partial charge in [0.2, 0.25) is 0 Å². The molecular formula is C15H27N3. The van der Waals surface area contributed by atoms with E-state index < -0.39 is 0 Å². The van der Waals surface area contributed by atoms with Gasteiger partial charge in [-0.15, -0.1) is 0 Å². The lowest BCUT2D eigenvalue weighted by atomic mass is 9.80. The van der Waals surface area contributed by atoms with Gasteiger partial charge in [0.1, 0.15) is 0 Å². The number of aromatic nitrogens is 2. The Morgan fingerprint density at radius 2 is 2.11 bits per heavy atom. The highest BCUT2D eigenvalue weighted by molar-refractivity contribution is 5.09. The molecule has 3 heteroatoms. The van der Waals surface area contributed by atoms with Crippen LogP contribution in [0.4, 0.5) is 0 Å². The maximum absolute atomic E-state index is 4.29. The standard InChI is InChI=1S/C15H27N3/c1-13(2)9-16-12-15(6-4-5-7-15)8-14-10-17-18(3)11-14/h10-11,13,16H,4-9,12H2,1-3H3. The maximum Gasteiger partial charge on any atom is 0.0521 e. The third kappa shape index (κ3) is 3.58. The van der Waals surface area contributed by atoms with Crippen molar-refractivity contribution < 1.29 is 0 Å². The Morgan fingerprint density at radius 3 is 2.67 bits per heavy atom. The second-order valence-corrected chi connectivity index (χ2v) is 6.43. The zero-order valence-electron chi connectivity index (χ0n) is 12.1. The van der Waals surface area contributed by atoms with Gasteiger partial charge in [-0.2, -0.15) is 5.10 Å². The van der Waals surface area contributed by atoms with E-state index in [1.54, 1.807) is 0 Å². The third-order valence-corrected chi connectivity index (χ3v) is 4.05. The number of nitrogens with one attached hydrogen (secondary N) is 1. The SMILES string of the molecule is CC(C)CNCC1(Cc2cnn(C)c2)CCCC1.